The molecule has 29 N–H and O–H groups in total. The Hall–Kier alpha value is -4.29. The van der Waals surface area contributed by atoms with Gasteiger partial charge in [0.05, 0.1) is 59.5 Å². The van der Waals surface area contributed by atoms with Crippen LogP contribution in [0.25, 0.3) is 0 Å². The standard InChI is InChI=1S/C64H107N5O46/c1-15(79)65-29-40(90)49(28(14-78)106-57(29)108-48-27(13-77)107-58(30(41(48)91)66-16(2)80)114-54-38(88)24(10-74)104-63(46(54)96)110-50-26(12-76)99-56(98)44(94)43(50)93)109-59-32(68-18(4)82)53(37(87)22(8-72)100-59)113-64-47(97)55(39(89)25(11-75)105-64)115-61-31(67-17(3)81)51(35(85)21(7-71)102-61)111-60-33(69-19(5)83)52(36(86)23(9-73)101-60)112-62-45(95)42(92)34(84)20(6-70)103-62/h20-64,70-78,84-98H,6-14H2,1-5H3,(H,65,79)(H,66,80)(H,67,81)(H,68,82)(H,69,83)/t20-,21-,22-,23-,24-,25-,26-,27-,28-,29-,30-,31-,32-,33-,34+,35-,36+,37+,38-,39+,40-,41-,42+,43-,44-,45-,46+,47-,48-,49+,50-,51-,52-,53-,54+,55+,56-,57+,58+,59-,60+,61+,62+,63+,64+/m1/s1. The Labute approximate surface area is 651 Å². The van der Waals surface area contributed by atoms with Gasteiger partial charge in [0.2, 0.25) is 29.5 Å². The van der Waals surface area contributed by atoms with Gasteiger partial charge in [0.25, 0.3) is 0 Å². The molecule has 51 heteroatoms. The summed E-state index contributed by atoms with van der Waals surface area (Å²) in [5.41, 5.74) is 0. The summed E-state index contributed by atoms with van der Waals surface area (Å²) in [5, 5.41) is 277. The van der Waals surface area contributed by atoms with E-state index in [9.17, 15) is 147 Å². The molecule has 9 aliphatic heterocycles. The van der Waals surface area contributed by atoms with Crippen LogP contribution >= 0.6 is 0 Å². The van der Waals surface area contributed by atoms with Crippen molar-refractivity contribution in [2.24, 2.45) is 0 Å². The van der Waals surface area contributed by atoms with Crippen LogP contribution in [0, 0.1) is 0 Å². The van der Waals surface area contributed by atoms with Crippen LogP contribution in [0.15, 0.2) is 0 Å². The van der Waals surface area contributed by atoms with Crippen molar-refractivity contribution >= 4 is 29.5 Å². The SMILES string of the molecule is CC(=O)N[C@H]1[C@H](O[C@H]2[C@H](O)[C@@H](NC(C)=O)[C@H](O[C@@H]3[C@H](O)[C@H](O[C@H]4[C@H](O)[C@@H](O)[C@H](O)O[C@@H]4CO)O[C@H](CO)[C@H]3O)O[C@@H]2CO)O[C@H](CO)[C@H](O[C@H]2O[C@H](CO)[C@H](O)[C@H](O[C@@H]3O[C@H](CO)[C@H](O)[C@H](O[C@@H]4O[C@H](CO)[C@@H](O)[C@H](O[C@@H]5O[C@H](CO)[C@H](O)[C@H](O[C@@H]6O[C@H](CO)[C@H](O)[C@H](O)[C@H]6O)[C@H]5NC(C)=O)[C@H]4NC(C)=O)[C@H]3O)[C@H]2NC(C)=O)[C@@H]1O. The molecule has 9 heterocycles. The summed E-state index contributed by atoms with van der Waals surface area (Å²) in [5.74, 6) is -4.70. The summed E-state index contributed by atoms with van der Waals surface area (Å²) in [7, 11) is 0. The van der Waals surface area contributed by atoms with Gasteiger partial charge in [-0.05, 0) is 0 Å². The second-order valence-electron chi connectivity index (χ2n) is 28.9. The van der Waals surface area contributed by atoms with Crippen molar-refractivity contribution in [1.29, 1.82) is 0 Å². The number of rotatable bonds is 30. The minimum Gasteiger partial charge on any atom is -0.394 e. The zero-order valence-corrected chi connectivity index (χ0v) is 62.1. The first-order valence-corrected chi connectivity index (χ1v) is 36.6. The van der Waals surface area contributed by atoms with E-state index in [1.165, 1.54) is 0 Å². The van der Waals surface area contributed by atoms with E-state index in [0.29, 0.717) is 0 Å². The van der Waals surface area contributed by atoms with Crippen molar-refractivity contribution in [3.8, 4) is 0 Å². The molecule has 45 atom stereocenters. The minimum atomic E-state index is -2.43. The number of aliphatic hydroxyl groups is 24. The van der Waals surface area contributed by atoms with Gasteiger partial charge in [-0.2, -0.15) is 0 Å². The normalized spacial score (nSPS) is 47.9. The van der Waals surface area contributed by atoms with Gasteiger partial charge in [-0.25, -0.2) is 0 Å². The molecular weight excluding hydrogens is 1570 g/mol. The molecule has 9 rings (SSSR count). The molecule has 0 saturated carbocycles. The number of hydrogen-bond acceptors (Lipinski definition) is 46. The maximum Gasteiger partial charge on any atom is 0.217 e. The number of nitrogens with one attached hydrogen (secondary N) is 5. The van der Waals surface area contributed by atoms with Gasteiger partial charge in [-0.1, -0.05) is 0 Å². The number of ether oxygens (including phenoxy) is 17. The summed E-state index contributed by atoms with van der Waals surface area (Å²) in [4.78, 5) is 65.4. The highest BCUT2D eigenvalue weighted by atomic mass is 16.8. The molecule has 9 aliphatic rings. The second-order valence-corrected chi connectivity index (χ2v) is 28.9. The zero-order chi connectivity index (χ0) is 84.8. The lowest BCUT2D eigenvalue weighted by Gasteiger charge is -2.52. The van der Waals surface area contributed by atoms with Gasteiger partial charge in [0.1, 0.15) is 219 Å². The van der Waals surface area contributed by atoms with Gasteiger partial charge < -0.3 is 230 Å². The van der Waals surface area contributed by atoms with E-state index < -0.39 is 365 Å². The van der Waals surface area contributed by atoms with E-state index in [1.807, 2.05) is 0 Å². The number of amides is 5. The van der Waals surface area contributed by atoms with Crippen LogP contribution in [0.1, 0.15) is 34.6 Å². The largest absolute Gasteiger partial charge is 0.394 e. The van der Waals surface area contributed by atoms with Gasteiger partial charge in [-0.15, -0.1) is 0 Å². The molecule has 0 aliphatic carbocycles. The summed E-state index contributed by atoms with van der Waals surface area (Å²) in [6, 6.07) is -9.55. The number of aliphatic hydroxyl groups excluding tert-OH is 24. The first kappa shape index (κ1) is 94.6. The highest BCUT2D eigenvalue weighted by molar-refractivity contribution is 5.75. The Balaban J connectivity index is 0.950. The Morgan fingerprint density at radius 1 is 0.209 bits per heavy atom. The van der Waals surface area contributed by atoms with Crippen LogP contribution in [0.2, 0.25) is 0 Å². The van der Waals surface area contributed by atoms with Gasteiger partial charge in [0.15, 0.2) is 56.6 Å². The van der Waals surface area contributed by atoms with E-state index >= 15 is 0 Å². The van der Waals surface area contributed by atoms with Crippen LogP contribution in [0.4, 0.5) is 0 Å². The van der Waals surface area contributed by atoms with Crippen molar-refractivity contribution in [3.63, 3.8) is 0 Å². The molecule has 115 heavy (non-hydrogen) atoms. The van der Waals surface area contributed by atoms with E-state index in [2.05, 4.69) is 26.6 Å². The third-order valence-electron chi connectivity index (χ3n) is 20.8. The average Bonchev–Trinajstić information content (AvgIpc) is 0.757. The molecule has 5 amide bonds. The van der Waals surface area contributed by atoms with Crippen LogP contribution in [0.5, 0.6) is 0 Å². The fourth-order valence-electron chi connectivity index (χ4n) is 15.0. The fraction of sp³-hybridized carbons (Fsp3) is 0.922. The van der Waals surface area contributed by atoms with Crippen molar-refractivity contribution in [2.45, 2.75) is 311 Å². The molecule has 0 bridgehead atoms. The van der Waals surface area contributed by atoms with Crippen molar-refractivity contribution < 1.29 is 227 Å². The average molecular weight is 1680 g/mol. The molecule has 0 radical (unpaired) electrons. The highest BCUT2D eigenvalue weighted by Crippen LogP contribution is 2.40. The third-order valence-corrected chi connectivity index (χ3v) is 20.8. The van der Waals surface area contributed by atoms with E-state index in [-0.39, 0.29) is 0 Å². The Morgan fingerprint density at radius 2 is 0.417 bits per heavy atom. The lowest BCUT2D eigenvalue weighted by atomic mass is 9.93. The molecule has 0 unspecified atom stereocenters. The predicted molar refractivity (Wildman–Crippen MR) is 355 cm³/mol. The summed E-state index contributed by atoms with van der Waals surface area (Å²) in [6.07, 6.45) is -80.7. The van der Waals surface area contributed by atoms with E-state index in [1.54, 1.807) is 0 Å². The number of carbonyl (C=O) groups is 5. The van der Waals surface area contributed by atoms with Gasteiger partial charge in [0, 0.05) is 34.6 Å². The molecular formula is C64H107N5O46. The van der Waals surface area contributed by atoms with Gasteiger partial charge in [-0.3, -0.25) is 24.0 Å². The van der Waals surface area contributed by atoms with Crippen LogP contribution in [-0.4, -0.2) is 488 Å². The minimum absolute atomic E-state index is 0.901. The fourth-order valence-corrected chi connectivity index (χ4v) is 15.0. The lowest BCUT2D eigenvalue weighted by Crippen LogP contribution is -2.72. The van der Waals surface area contributed by atoms with E-state index in [4.69, 9.17) is 80.5 Å². The van der Waals surface area contributed by atoms with Crippen molar-refractivity contribution in [2.75, 3.05) is 59.5 Å². The molecule has 0 spiro atoms. The maximum absolute atomic E-state index is 13.3. The molecule has 9 saturated heterocycles. The maximum atomic E-state index is 13.3. The topological polar surface area (TPSA) is 788 Å². The van der Waals surface area contributed by atoms with Crippen molar-refractivity contribution in [3.05, 3.63) is 0 Å². The first-order valence-electron chi connectivity index (χ1n) is 36.6. The van der Waals surface area contributed by atoms with Crippen molar-refractivity contribution in [1.82, 2.24) is 26.6 Å². The Kier molecular flexibility index (Phi) is 34.1. The molecule has 0 aromatic rings. The third kappa shape index (κ3) is 21.1. The summed E-state index contributed by atoms with van der Waals surface area (Å²) >= 11 is 0. The van der Waals surface area contributed by atoms with E-state index in [0.717, 1.165) is 34.6 Å². The molecule has 51 nitrogen and oxygen atoms in total. The Morgan fingerprint density at radius 3 is 0.722 bits per heavy atom. The second kappa shape index (κ2) is 41.5. The highest BCUT2D eigenvalue weighted by Gasteiger charge is 2.62. The summed E-state index contributed by atoms with van der Waals surface area (Å²) < 4.78 is 101. The quantitative estimate of drug-likeness (QED) is 0.0318. The monoisotopic (exact) mass is 1680 g/mol. The molecule has 0 aromatic carbocycles. The lowest BCUT2D eigenvalue weighted by molar-refractivity contribution is -0.383. The van der Waals surface area contributed by atoms with Crippen LogP contribution in [0.3, 0.4) is 0 Å². The first-order chi connectivity index (χ1) is 54.4. The molecule has 0 aromatic heterocycles. The van der Waals surface area contributed by atoms with Crippen LogP contribution in [-0.2, 0) is 104 Å². The molecule has 9 fully saturated rings. The number of carbonyl (C=O) groups excluding carboxylic acids is 5. The Bertz CT molecular complexity index is 3100. The van der Waals surface area contributed by atoms with Crippen LogP contribution < -0.4 is 26.6 Å². The van der Waals surface area contributed by atoms with Gasteiger partial charge >= 0.3 is 0 Å². The predicted octanol–water partition coefficient (Wildman–Crippen LogP) is -19.9. The smallest absolute Gasteiger partial charge is 0.217 e. The summed E-state index contributed by atoms with van der Waals surface area (Å²) in [6.45, 7) is -4.99. The zero-order valence-electron chi connectivity index (χ0n) is 62.1. The molecule has 664 valence electrons. The number of hydrogen-bond donors (Lipinski definition) is 29.